The van der Waals surface area contributed by atoms with Crippen LogP contribution < -0.4 is 5.01 Å². The number of hydrazine groups is 1. The van der Waals surface area contributed by atoms with Crippen LogP contribution >= 0.6 is 0 Å². The molecule has 35 heavy (non-hydrogen) atoms. The van der Waals surface area contributed by atoms with Crippen molar-refractivity contribution in [3.63, 3.8) is 0 Å². The molecule has 10 heteroatoms. The van der Waals surface area contributed by atoms with Gasteiger partial charge in [0.2, 0.25) is 5.82 Å². The van der Waals surface area contributed by atoms with Gasteiger partial charge in [0.05, 0.1) is 0 Å². The second-order valence-electron chi connectivity index (χ2n) is 8.82. The van der Waals surface area contributed by atoms with Crippen LogP contribution in [0.2, 0.25) is 0 Å². The third kappa shape index (κ3) is 6.20. The van der Waals surface area contributed by atoms with Crippen LogP contribution in [0.25, 0.3) is 0 Å². The molecule has 0 aliphatic heterocycles. The van der Waals surface area contributed by atoms with Gasteiger partial charge >= 0.3 is 6.18 Å². The van der Waals surface area contributed by atoms with Crippen molar-refractivity contribution in [2.45, 2.75) is 26.9 Å². The Bertz CT molecular complexity index is 1200. The van der Waals surface area contributed by atoms with Gasteiger partial charge in [-0.2, -0.15) is 28.4 Å². The highest BCUT2D eigenvalue weighted by Crippen LogP contribution is 2.32. The van der Waals surface area contributed by atoms with Gasteiger partial charge in [-0.25, -0.2) is 4.98 Å². The standard InChI is InChI=1S/C25H22F3N5O2/c1-24(2,3)16-32(21-14-19(25(26,27)28)30-20(15-29)31-21)33(22(34)17-10-6-4-7-11-17)23(35)18-12-8-5-9-13-18/h4-14H,16H2,1-3H3. The van der Waals surface area contributed by atoms with Crippen molar-refractivity contribution < 1.29 is 22.8 Å². The van der Waals surface area contributed by atoms with E-state index >= 15 is 0 Å². The Morgan fingerprint density at radius 1 is 0.886 bits per heavy atom. The molecule has 0 atom stereocenters. The maximum absolute atomic E-state index is 13.6. The van der Waals surface area contributed by atoms with Crippen molar-refractivity contribution in [3.05, 3.63) is 89.4 Å². The molecule has 7 nitrogen and oxygen atoms in total. The summed E-state index contributed by atoms with van der Waals surface area (Å²) in [6.07, 6.45) is -4.88. The number of anilines is 1. The Hall–Kier alpha value is -4.26. The van der Waals surface area contributed by atoms with Crippen LogP contribution in [0.4, 0.5) is 19.0 Å². The van der Waals surface area contributed by atoms with Gasteiger partial charge in [0.1, 0.15) is 6.07 Å². The van der Waals surface area contributed by atoms with Gasteiger partial charge in [-0.15, -0.1) is 0 Å². The zero-order chi connectivity index (χ0) is 25.8. The van der Waals surface area contributed by atoms with E-state index in [1.807, 2.05) is 0 Å². The van der Waals surface area contributed by atoms with E-state index in [1.165, 1.54) is 30.3 Å². The smallest absolute Gasteiger partial charge is 0.267 e. The minimum atomic E-state index is -4.88. The van der Waals surface area contributed by atoms with E-state index in [-0.39, 0.29) is 17.7 Å². The molecule has 0 radical (unpaired) electrons. The van der Waals surface area contributed by atoms with Crippen molar-refractivity contribution >= 4 is 17.6 Å². The fourth-order valence-electron chi connectivity index (χ4n) is 3.18. The fourth-order valence-corrected chi connectivity index (χ4v) is 3.18. The molecule has 0 unspecified atom stereocenters. The molecular weight excluding hydrogens is 459 g/mol. The van der Waals surface area contributed by atoms with Gasteiger partial charge in [-0.05, 0) is 29.7 Å². The van der Waals surface area contributed by atoms with E-state index in [1.54, 1.807) is 57.2 Å². The highest BCUT2D eigenvalue weighted by atomic mass is 19.4. The number of rotatable bonds is 5. The Balaban J connectivity index is 2.27. The van der Waals surface area contributed by atoms with Gasteiger partial charge in [0, 0.05) is 23.7 Å². The van der Waals surface area contributed by atoms with Crippen molar-refractivity contribution in [3.8, 4) is 6.07 Å². The van der Waals surface area contributed by atoms with Gasteiger partial charge in [-0.3, -0.25) is 14.6 Å². The SMILES string of the molecule is CC(C)(C)CN(c1cc(C(F)(F)F)nc(C#N)n1)N(C(=O)c1ccccc1)C(=O)c1ccccc1. The second kappa shape index (κ2) is 9.93. The summed E-state index contributed by atoms with van der Waals surface area (Å²) in [4.78, 5) is 34.4. The molecule has 2 amide bonds. The maximum Gasteiger partial charge on any atom is 0.433 e. The van der Waals surface area contributed by atoms with E-state index in [4.69, 9.17) is 0 Å². The predicted octanol–water partition coefficient (Wildman–Crippen LogP) is 5.12. The van der Waals surface area contributed by atoms with E-state index in [0.717, 1.165) is 10.0 Å². The minimum Gasteiger partial charge on any atom is -0.267 e. The quantitative estimate of drug-likeness (QED) is 0.371. The van der Waals surface area contributed by atoms with Gasteiger partial charge in [-0.1, -0.05) is 57.2 Å². The fraction of sp³-hybridized carbons (Fsp3) is 0.240. The summed E-state index contributed by atoms with van der Waals surface area (Å²) in [6, 6.07) is 17.9. The molecule has 2 aromatic carbocycles. The average molecular weight is 481 g/mol. The van der Waals surface area contributed by atoms with Crippen molar-refractivity contribution in [2.75, 3.05) is 11.6 Å². The van der Waals surface area contributed by atoms with Gasteiger partial charge < -0.3 is 0 Å². The first-order valence-electron chi connectivity index (χ1n) is 10.5. The predicted molar refractivity (Wildman–Crippen MR) is 122 cm³/mol. The van der Waals surface area contributed by atoms with E-state index < -0.39 is 40.7 Å². The molecule has 0 spiro atoms. The topological polar surface area (TPSA) is 90.2 Å². The molecule has 0 aliphatic carbocycles. The van der Waals surface area contributed by atoms with Crippen LogP contribution in [0.5, 0.6) is 0 Å². The summed E-state index contributed by atoms with van der Waals surface area (Å²) < 4.78 is 40.7. The summed E-state index contributed by atoms with van der Waals surface area (Å²) in [7, 11) is 0. The summed E-state index contributed by atoms with van der Waals surface area (Å²) in [5.74, 6) is -2.69. The van der Waals surface area contributed by atoms with Crippen LogP contribution in [0, 0.1) is 16.7 Å². The normalized spacial score (nSPS) is 11.5. The monoisotopic (exact) mass is 481 g/mol. The summed E-state index contributed by atoms with van der Waals surface area (Å²) in [6.45, 7) is 5.28. The summed E-state index contributed by atoms with van der Waals surface area (Å²) in [5.41, 5.74) is -1.69. The third-order valence-electron chi connectivity index (χ3n) is 4.66. The Kier molecular flexibility index (Phi) is 7.20. The van der Waals surface area contributed by atoms with Gasteiger partial charge in [0.15, 0.2) is 11.5 Å². The number of imide groups is 1. The number of carbonyl (C=O) groups excluding carboxylic acids is 2. The molecule has 0 saturated carbocycles. The first-order chi connectivity index (χ1) is 16.4. The molecule has 0 N–H and O–H groups in total. The van der Waals surface area contributed by atoms with E-state index in [0.29, 0.717) is 6.07 Å². The Morgan fingerprint density at radius 2 is 1.37 bits per heavy atom. The van der Waals surface area contributed by atoms with E-state index in [2.05, 4.69) is 9.97 Å². The lowest BCUT2D eigenvalue weighted by molar-refractivity contribution is -0.141. The van der Waals surface area contributed by atoms with Crippen molar-refractivity contribution in [2.24, 2.45) is 5.41 Å². The Labute approximate surface area is 200 Å². The number of hydrogen-bond donors (Lipinski definition) is 0. The molecule has 180 valence electrons. The molecule has 3 rings (SSSR count). The zero-order valence-electron chi connectivity index (χ0n) is 19.2. The maximum atomic E-state index is 13.6. The number of alkyl halides is 3. The zero-order valence-corrected chi connectivity index (χ0v) is 19.2. The Morgan fingerprint density at radius 3 is 1.77 bits per heavy atom. The first kappa shape index (κ1) is 25.4. The van der Waals surface area contributed by atoms with Gasteiger partial charge in [0.25, 0.3) is 11.8 Å². The van der Waals surface area contributed by atoms with Crippen LogP contribution in [0.1, 0.15) is 53.0 Å². The van der Waals surface area contributed by atoms with Crippen molar-refractivity contribution in [1.82, 2.24) is 15.0 Å². The molecule has 0 bridgehead atoms. The highest BCUT2D eigenvalue weighted by molar-refractivity contribution is 6.11. The molecule has 1 heterocycles. The van der Waals surface area contributed by atoms with E-state index in [9.17, 15) is 28.0 Å². The molecular formula is C25H22F3N5O2. The molecule has 0 aliphatic rings. The molecule has 0 saturated heterocycles. The molecule has 0 fully saturated rings. The summed E-state index contributed by atoms with van der Waals surface area (Å²) >= 11 is 0. The number of aromatic nitrogens is 2. The molecule has 1 aromatic heterocycles. The number of carbonyl (C=O) groups is 2. The van der Waals surface area contributed by atoms with Crippen LogP contribution in [-0.4, -0.2) is 33.3 Å². The highest BCUT2D eigenvalue weighted by Gasteiger charge is 2.38. The van der Waals surface area contributed by atoms with Crippen LogP contribution in [0.3, 0.4) is 0 Å². The average Bonchev–Trinajstić information content (AvgIpc) is 2.82. The van der Waals surface area contributed by atoms with Crippen LogP contribution in [-0.2, 0) is 6.18 Å². The number of nitriles is 1. The number of nitrogens with zero attached hydrogens (tertiary/aromatic N) is 5. The third-order valence-corrected chi connectivity index (χ3v) is 4.66. The lowest BCUT2D eigenvalue weighted by atomic mass is 9.96. The number of benzene rings is 2. The second-order valence-corrected chi connectivity index (χ2v) is 8.82. The minimum absolute atomic E-state index is 0.0800. The lowest BCUT2D eigenvalue weighted by Gasteiger charge is -2.38. The number of amides is 2. The number of halogens is 3. The lowest BCUT2D eigenvalue weighted by Crippen LogP contribution is -2.53. The van der Waals surface area contributed by atoms with Crippen molar-refractivity contribution in [1.29, 1.82) is 5.26 Å². The summed E-state index contributed by atoms with van der Waals surface area (Å²) in [5, 5.41) is 11.1. The largest absolute Gasteiger partial charge is 0.433 e. The first-order valence-corrected chi connectivity index (χ1v) is 10.5. The van der Waals surface area contributed by atoms with Crippen LogP contribution in [0.15, 0.2) is 66.7 Å². The number of hydrogen-bond acceptors (Lipinski definition) is 6. The molecule has 3 aromatic rings.